The summed E-state index contributed by atoms with van der Waals surface area (Å²) in [5.41, 5.74) is 0. The number of ether oxygens (including phenoxy) is 1. The molecule has 4 heteroatoms. The van der Waals surface area contributed by atoms with Gasteiger partial charge in [-0.05, 0) is 26.8 Å². The Balaban J connectivity index is 3.14. The molecule has 0 aromatic heterocycles. The predicted molar refractivity (Wildman–Crippen MR) is 46.2 cm³/mol. The molecule has 72 valence electrons. The first-order chi connectivity index (χ1) is 5.68. The molecule has 0 unspecified atom stereocenters. The van der Waals surface area contributed by atoms with Gasteiger partial charge in [-0.3, -0.25) is 4.79 Å². The maximum atomic E-state index is 10.3. The van der Waals surface area contributed by atoms with Crippen molar-refractivity contribution >= 4 is 5.97 Å². The molecule has 0 aliphatic heterocycles. The van der Waals surface area contributed by atoms with E-state index in [1.807, 2.05) is 6.92 Å². The lowest BCUT2D eigenvalue weighted by Gasteiger charge is -2.08. The molecule has 0 rings (SSSR count). The molecule has 0 spiro atoms. The van der Waals surface area contributed by atoms with Gasteiger partial charge in [0, 0.05) is 13.2 Å². The highest BCUT2D eigenvalue weighted by molar-refractivity contribution is 5.72. The predicted octanol–water partition coefficient (Wildman–Crippen LogP) is 0.476. The van der Waals surface area contributed by atoms with Crippen LogP contribution in [0.25, 0.3) is 0 Å². The summed E-state index contributed by atoms with van der Waals surface area (Å²) in [6.45, 7) is 5.66. The van der Waals surface area contributed by atoms with Crippen molar-refractivity contribution in [2.45, 2.75) is 26.3 Å². The van der Waals surface area contributed by atoms with E-state index in [2.05, 4.69) is 5.32 Å². The molecule has 0 aromatic rings. The molecule has 1 atom stereocenters. The Morgan fingerprint density at radius 2 is 2.33 bits per heavy atom. The number of carboxylic acids is 1. The zero-order valence-corrected chi connectivity index (χ0v) is 7.67. The number of aliphatic carboxylic acids is 1. The Morgan fingerprint density at radius 1 is 1.67 bits per heavy atom. The smallest absolute Gasteiger partial charge is 0.320 e. The molecule has 12 heavy (non-hydrogen) atoms. The molecular weight excluding hydrogens is 158 g/mol. The van der Waals surface area contributed by atoms with Crippen LogP contribution in [0.15, 0.2) is 0 Å². The van der Waals surface area contributed by atoms with Crippen molar-refractivity contribution in [3.05, 3.63) is 0 Å². The van der Waals surface area contributed by atoms with Gasteiger partial charge in [0.2, 0.25) is 0 Å². The summed E-state index contributed by atoms with van der Waals surface area (Å²) < 4.78 is 5.09. The summed E-state index contributed by atoms with van der Waals surface area (Å²) in [5.74, 6) is -0.814. The second-order valence-corrected chi connectivity index (χ2v) is 2.56. The molecule has 4 nitrogen and oxygen atoms in total. The van der Waals surface area contributed by atoms with E-state index in [1.54, 1.807) is 6.92 Å². The highest BCUT2D eigenvalue weighted by Crippen LogP contribution is 1.84. The Bertz CT molecular complexity index is 127. The van der Waals surface area contributed by atoms with Crippen LogP contribution in [0.4, 0.5) is 0 Å². The van der Waals surface area contributed by atoms with Gasteiger partial charge in [0.1, 0.15) is 6.04 Å². The molecule has 0 radical (unpaired) electrons. The molecule has 0 saturated heterocycles. The second-order valence-electron chi connectivity index (χ2n) is 2.56. The Morgan fingerprint density at radius 3 is 2.83 bits per heavy atom. The molecule has 0 aromatic carbocycles. The van der Waals surface area contributed by atoms with Crippen molar-refractivity contribution < 1.29 is 14.6 Å². The third-order valence-corrected chi connectivity index (χ3v) is 1.49. The average molecular weight is 175 g/mol. The zero-order chi connectivity index (χ0) is 9.40. The van der Waals surface area contributed by atoms with Gasteiger partial charge in [-0.15, -0.1) is 0 Å². The minimum atomic E-state index is -0.814. The van der Waals surface area contributed by atoms with Gasteiger partial charge in [0.15, 0.2) is 0 Å². The SMILES string of the molecule is CCOCCCN[C@@H](C)C(=O)O. The molecular formula is C8H17NO3. The van der Waals surface area contributed by atoms with Crippen molar-refractivity contribution in [2.75, 3.05) is 19.8 Å². The maximum absolute atomic E-state index is 10.3. The summed E-state index contributed by atoms with van der Waals surface area (Å²) in [7, 11) is 0. The lowest BCUT2D eigenvalue weighted by atomic mass is 10.3. The fourth-order valence-corrected chi connectivity index (χ4v) is 0.724. The lowest BCUT2D eigenvalue weighted by Crippen LogP contribution is -2.34. The summed E-state index contributed by atoms with van der Waals surface area (Å²) in [6, 6.07) is -0.466. The van der Waals surface area contributed by atoms with Crippen molar-refractivity contribution in [3.63, 3.8) is 0 Å². The topological polar surface area (TPSA) is 58.6 Å². The fraction of sp³-hybridized carbons (Fsp3) is 0.875. The van der Waals surface area contributed by atoms with Gasteiger partial charge in [0.25, 0.3) is 0 Å². The first-order valence-corrected chi connectivity index (χ1v) is 4.22. The minimum absolute atomic E-state index is 0.466. The van der Waals surface area contributed by atoms with Gasteiger partial charge in [0.05, 0.1) is 0 Å². The van der Waals surface area contributed by atoms with Gasteiger partial charge in [-0.2, -0.15) is 0 Å². The molecule has 0 saturated carbocycles. The quantitative estimate of drug-likeness (QED) is 0.552. The van der Waals surface area contributed by atoms with E-state index in [0.29, 0.717) is 19.8 Å². The van der Waals surface area contributed by atoms with Crippen LogP contribution in [0.5, 0.6) is 0 Å². The minimum Gasteiger partial charge on any atom is -0.480 e. The van der Waals surface area contributed by atoms with Crippen LogP contribution in [0.1, 0.15) is 20.3 Å². The normalized spacial score (nSPS) is 12.8. The van der Waals surface area contributed by atoms with Crippen LogP contribution in [-0.2, 0) is 9.53 Å². The molecule has 0 aliphatic rings. The summed E-state index contributed by atoms with van der Waals surface area (Å²) in [5, 5.41) is 11.4. The molecule has 0 fully saturated rings. The fourth-order valence-electron chi connectivity index (χ4n) is 0.724. The Labute approximate surface area is 72.9 Å². The summed E-state index contributed by atoms with van der Waals surface area (Å²) >= 11 is 0. The van der Waals surface area contributed by atoms with E-state index in [9.17, 15) is 4.79 Å². The second kappa shape index (κ2) is 7.06. The standard InChI is InChI=1S/C8H17NO3/c1-3-12-6-4-5-9-7(2)8(10)11/h7,9H,3-6H2,1-2H3,(H,10,11)/t7-/m0/s1. The largest absolute Gasteiger partial charge is 0.480 e. The monoisotopic (exact) mass is 175 g/mol. The molecule has 2 N–H and O–H groups in total. The van der Waals surface area contributed by atoms with Crippen LogP contribution in [0.2, 0.25) is 0 Å². The molecule has 0 bridgehead atoms. The highest BCUT2D eigenvalue weighted by Gasteiger charge is 2.07. The van der Waals surface area contributed by atoms with Crippen LogP contribution in [-0.4, -0.2) is 36.9 Å². The van der Waals surface area contributed by atoms with E-state index in [-0.39, 0.29) is 0 Å². The van der Waals surface area contributed by atoms with E-state index in [0.717, 1.165) is 6.42 Å². The average Bonchev–Trinajstić information content (AvgIpc) is 2.03. The number of hydrogen-bond donors (Lipinski definition) is 2. The highest BCUT2D eigenvalue weighted by atomic mass is 16.5. The van der Waals surface area contributed by atoms with Crippen molar-refractivity contribution in [3.8, 4) is 0 Å². The summed E-state index contributed by atoms with van der Waals surface area (Å²) in [6.07, 6.45) is 0.853. The molecule has 0 amide bonds. The first kappa shape index (κ1) is 11.4. The van der Waals surface area contributed by atoms with Crippen LogP contribution >= 0.6 is 0 Å². The number of carbonyl (C=O) groups is 1. The van der Waals surface area contributed by atoms with E-state index in [1.165, 1.54) is 0 Å². The zero-order valence-electron chi connectivity index (χ0n) is 7.67. The Kier molecular flexibility index (Phi) is 6.70. The van der Waals surface area contributed by atoms with E-state index in [4.69, 9.17) is 9.84 Å². The van der Waals surface area contributed by atoms with E-state index < -0.39 is 12.0 Å². The van der Waals surface area contributed by atoms with Crippen molar-refractivity contribution in [1.82, 2.24) is 5.32 Å². The van der Waals surface area contributed by atoms with Gasteiger partial charge < -0.3 is 15.2 Å². The van der Waals surface area contributed by atoms with Crippen LogP contribution in [0, 0.1) is 0 Å². The Hall–Kier alpha value is -0.610. The van der Waals surface area contributed by atoms with Gasteiger partial charge >= 0.3 is 5.97 Å². The lowest BCUT2D eigenvalue weighted by molar-refractivity contribution is -0.139. The maximum Gasteiger partial charge on any atom is 0.320 e. The van der Waals surface area contributed by atoms with Crippen molar-refractivity contribution in [1.29, 1.82) is 0 Å². The third-order valence-electron chi connectivity index (χ3n) is 1.49. The number of hydrogen-bond acceptors (Lipinski definition) is 3. The summed E-state index contributed by atoms with van der Waals surface area (Å²) in [4.78, 5) is 10.3. The van der Waals surface area contributed by atoms with Crippen molar-refractivity contribution in [2.24, 2.45) is 0 Å². The third kappa shape index (κ3) is 6.12. The first-order valence-electron chi connectivity index (χ1n) is 4.22. The van der Waals surface area contributed by atoms with Crippen LogP contribution in [0.3, 0.4) is 0 Å². The number of carboxylic acid groups (broad SMARTS) is 1. The van der Waals surface area contributed by atoms with Crippen LogP contribution < -0.4 is 5.32 Å². The molecule has 0 aliphatic carbocycles. The van der Waals surface area contributed by atoms with E-state index >= 15 is 0 Å². The molecule has 0 heterocycles. The number of rotatable bonds is 7. The van der Waals surface area contributed by atoms with Gasteiger partial charge in [-0.25, -0.2) is 0 Å². The number of nitrogens with one attached hydrogen (secondary N) is 1. The van der Waals surface area contributed by atoms with Gasteiger partial charge in [-0.1, -0.05) is 0 Å².